The zero-order valence-electron chi connectivity index (χ0n) is 15.4. The van der Waals surface area contributed by atoms with Crippen LogP contribution in [0.2, 0.25) is 0 Å². The van der Waals surface area contributed by atoms with Gasteiger partial charge < -0.3 is 25.9 Å². The highest BCUT2D eigenvalue weighted by Crippen LogP contribution is 2.30. The second-order valence-electron chi connectivity index (χ2n) is 5.59. The fraction of sp³-hybridized carbons (Fsp3) is 0.667. The van der Waals surface area contributed by atoms with Crippen molar-refractivity contribution in [3.05, 3.63) is 16.8 Å². The zero-order chi connectivity index (χ0) is 17.9. The Balaban J connectivity index is 0.00000139. The van der Waals surface area contributed by atoms with Crippen LogP contribution in [0.1, 0.15) is 50.4 Å². The van der Waals surface area contributed by atoms with Crippen LogP contribution >= 0.6 is 0 Å². The summed E-state index contributed by atoms with van der Waals surface area (Å²) in [5, 5.41) is 21.8. The normalized spacial score (nSPS) is 14.5. The van der Waals surface area contributed by atoms with E-state index in [2.05, 4.69) is 31.4 Å². The SMILES string of the molecule is CCNc1nc(CC)c(CC)c(NC2CCOCC2)c1C=N.CO. The first-order chi connectivity index (χ1) is 11.7. The first-order valence-electron chi connectivity index (χ1n) is 8.84. The summed E-state index contributed by atoms with van der Waals surface area (Å²) in [6.07, 6.45) is 5.28. The first-order valence-corrected chi connectivity index (χ1v) is 8.84. The molecule has 136 valence electrons. The standard InChI is InChI=1S/C17H28N4O.CH4O/c1-4-13-15(5-2)21-17(19-6-3)14(11-18)16(13)20-12-7-9-22-10-8-12;1-2/h11-12,18H,4-10H2,1-3H3,(H2,19,20,21);2H,1H3. The van der Waals surface area contributed by atoms with Gasteiger partial charge in [0.2, 0.25) is 0 Å². The van der Waals surface area contributed by atoms with Crippen LogP contribution in [0.25, 0.3) is 0 Å². The van der Waals surface area contributed by atoms with E-state index in [-0.39, 0.29) is 0 Å². The van der Waals surface area contributed by atoms with Crippen molar-refractivity contribution in [1.29, 1.82) is 5.41 Å². The highest BCUT2D eigenvalue weighted by molar-refractivity contribution is 5.93. The number of nitrogens with zero attached hydrogens (tertiary/aromatic N) is 1. The Morgan fingerprint density at radius 2 is 1.88 bits per heavy atom. The number of aromatic nitrogens is 1. The second-order valence-corrected chi connectivity index (χ2v) is 5.59. The average molecular weight is 336 g/mol. The highest BCUT2D eigenvalue weighted by Gasteiger charge is 2.20. The average Bonchev–Trinajstić information content (AvgIpc) is 2.64. The van der Waals surface area contributed by atoms with Crippen LogP contribution in [0.5, 0.6) is 0 Å². The van der Waals surface area contributed by atoms with E-state index in [9.17, 15) is 0 Å². The Kier molecular flexibility index (Phi) is 9.34. The lowest BCUT2D eigenvalue weighted by Gasteiger charge is -2.28. The van der Waals surface area contributed by atoms with E-state index < -0.39 is 0 Å². The molecule has 0 aliphatic carbocycles. The van der Waals surface area contributed by atoms with Crippen molar-refractivity contribution in [2.45, 2.75) is 52.5 Å². The third-order valence-electron chi connectivity index (χ3n) is 4.17. The lowest BCUT2D eigenvalue weighted by atomic mass is 10.00. The minimum atomic E-state index is 0.416. The summed E-state index contributed by atoms with van der Waals surface area (Å²) in [6, 6.07) is 0.416. The maximum absolute atomic E-state index is 7.85. The van der Waals surface area contributed by atoms with Crippen LogP contribution in [0, 0.1) is 5.41 Å². The molecule has 0 unspecified atom stereocenters. The molecule has 6 heteroatoms. The van der Waals surface area contributed by atoms with E-state index in [0.717, 1.165) is 75.3 Å². The number of pyridine rings is 1. The largest absolute Gasteiger partial charge is 0.400 e. The molecule has 1 fully saturated rings. The molecular weight excluding hydrogens is 304 g/mol. The quantitative estimate of drug-likeness (QED) is 0.575. The molecule has 0 aromatic carbocycles. The van der Waals surface area contributed by atoms with Gasteiger partial charge in [-0.15, -0.1) is 0 Å². The molecule has 1 aromatic heterocycles. The number of aryl methyl sites for hydroxylation is 1. The van der Waals surface area contributed by atoms with Gasteiger partial charge in [-0.05, 0) is 38.2 Å². The Morgan fingerprint density at radius 1 is 1.21 bits per heavy atom. The topological polar surface area (TPSA) is 90.3 Å². The summed E-state index contributed by atoms with van der Waals surface area (Å²) < 4.78 is 5.45. The Bertz CT molecular complexity index is 514. The summed E-state index contributed by atoms with van der Waals surface area (Å²) in [5.41, 5.74) is 4.34. The summed E-state index contributed by atoms with van der Waals surface area (Å²) in [7, 11) is 1.00. The van der Waals surface area contributed by atoms with E-state index in [4.69, 9.17) is 20.2 Å². The van der Waals surface area contributed by atoms with Crippen molar-refractivity contribution in [2.75, 3.05) is 37.5 Å². The van der Waals surface area contributed by atoms with Crippen LogP contribution in [0.3, 0.4) is 0 Å². The molecule has 0 spiro atoms. The van der Waals surface area contributed by atoms with E-state index in [1.807, 2.05) is 0 Å². The molecule has 0 radical (unpaired) electrons. The number of nitrogens with one attached hydrogen (secondary N) is 3. The van der Waals surface area contributed by atoms with Crippen molar-refractivity contribution in [3.8, 4) is 0 Å². The van der Waals surface area contributed by atoms with Crippen molar-refractivity contribution in [3.63, 3.8) is 0 Å². The monoisotopic (exact) mass is 336 g/mol. The maximum Gasteiger partial charge on any atom is 0.137 e. The molecule has 0 saturated carbocycles. The van der Waals surface area contributed by atoms with E-state index >= 15 is 0 Å². The van der Waals surface area contributed by atoms with Gasteiger partial charge in [0.25, 0.3) is 0 Å². The Labute approximate surface area is 145 Å². The minimum Gasteiger partial charge on any atom is -0.400 e. The van der Waals surface area contributed by atoms with Crippen LogP contribution < -0.4 is 10.6 Å². The number of hydrogen-bond donors (Lipinski definition) is 4. The van der Waals surface area contributed by atoms with Gasteiger partial charge in [0.1, 0.15) is 5.82 Å². The molecule has 1 saturated heterocycles. The number of aliphatic hydroxyl groups is 1. The zero-order valence-corrected chi connectivity index (χ0v) is 15.4. The Morgan fingerprint density at radius 3 is 2.38 bits per heavy atom. The van der Waals surface area contributed by atoms with Crippen LogP contribution in [0.4, 0.5) is 11.5 Å². The number of hydrogen-bond acceptors (Lipinski definition) is 6. The molecule has 2 rings (SSSR count). The van der Waals surface area contributed by atoms with Gasteiger partial charge in [0.05, 0.1) is 11.3 Å². The highest BCUT2D eigenvalue weighted by atomic mass is 16.5. The Hall–Kier alpha value is -1.66. The predicted molar refractivity (Wildman–Crippen MR) is 101 cm³/mol. The van der Waals surface area contributed by atoms with Gasteiger partial charge in [-0.2, -0.15) is 0 Å². The maximum atomic E-state index is 7.85. The fourth-order valence-electron chi connectivity index (χ4n) is 3.01. The predicted octanol–water partition coefficient (Wildman–Crippen LogP) is 2.84. The van der Waals surface area contributed by atoms with Crippen molar-refractivity contribution in [1.82, 2.24) is 4.98 Å². The summed E-state index contributed by atoms with van der Waals surface area (Å²) in [5.74, 6) is 0.820. The van der Waals surface area contributed by atoms with Crippen LogP contribution in [-0.2, 0) is 17.6 Å². The molecule has 1 aliphatic heterocycles. The number of rotatable bonds is 7. The van der Waals surface area contributed by atoms with Gasteiger partial charge in [0.15, 0.2) is 0 Å². The summed E-state index contributed by atoms with van der Waals surface area (Å²) in [4.78, 5) is 4.75. The molecule has 24 heavy (non-hydrogen) atoms. The molecule has 4 N–H and O–H groups in total. The van der Waals surface area contributed by atoms with Crippen LogP contribution in [0.15, 0.2) is 0 Å². The molecule has 0 atom stereocenters. The van der Waals surface area contributed by atoms with E-state index in [1.165, 1.54) is 11.8 Å². The number of anilines is 2. The van der Waals surface area contributed by atoms with Gasteiger partial charge in [-0.1, -0.05) is 13.8 Å². The molecule has 0 amide bonds. The molecule has 2 heterocycles. The van der Waals surface area contributed by atoms with E-state index in [0.29, 0.717) is 6.04 Å². The summed E-state index contributed by atoms with van der Waals surface area (Å²) in [6.45, 7) is 8.78. The summed E-state index contributed by atoms with van der Waals surface area (Å²) >= 11 is 0. The molecule has 6 nitrogen and oxygen atoms in total. The molecule has 1 aliphatic rings. The van der Waals surface area contributed by atoms with Gasteiger partial charge in [0, 0.05) is 44.8 Å². The van der Waals surface area contributed by atoms with E-state index in [1.54, 1.807) is 0 Å². The number of aliphatic hydroxyl groups excluding tert-OH is 1. The lowest BCUT2D eigenvalue weighted by molar-refractivity contribution is 0.0904. The third kappa shape index (κ3) is 4.92. The third-order valence-corrected chi connectivity index (χ3v) is 4.17. The molecule has 1 aromatic rings. The van der Waals surface area contributed by atoms with Crippen molar-refractivity contribution >= 4 is 17.7 Å². The second kappa shape index (κ2) is 11.0. The molecule has 0 bridgehead atoms. The van der Waals surface area contributed by atoms with Crippen molar-refractivity contribution < 1.29 is 9.84 Å². The van der Waals surface area contributed by atoms with Gasteiger partial charge in [-0.25, -0.2) is 4.98 Å². The molecular formula is C18H32N4O2. The lowest BCUT2D eigenvalue weighted by Crippen LogP contribution is -2.29. The van der Waals surface area contributed by atoms with Gasteiger partial charge in [-0.3, -0.25) is 0 Å². The van der Waals surface area contributed by atoms with Crippen molar-refractivity contribution in [2.24, 2.45) is 0 Å². The smallest absolute Gasteiger partial charge is 0.137 e. The minimum absolute atomic E-state index is 0.416. The number of ether oxygens (including phenoxy) is 1. The van der Waals surface area contributed by atoms with Crippen LogP contribution in [-0.4, -0.2) is 49.2 Å². The fourth-order valence-corrected chi connectivity index (χ4v) is 3.01. The van der Waals surface area contributed by atoms with Gasteiger partial charge >= 0.3 is 0 Å². The first kappa shape index (κ1) is 20.4.